The number of hydrogen-bond donors (Lipinski definition) is 2. The first-order valence-corrected chi connectivity index (χ1v) is 35.0. The lowest BCUT2D eigenvalue weighted by atomic mass is 9.73. The maximum Gasteiger partial charge on any atom is 0.510 e. The van der Waals surface area contributed by atoms with E-state index in [-0.39, 0.29) is 48.6 Å². The molecule has 1 amide bonds. The molecule has 0 bridgehead atoms. The third kappa shape index (κ3) is 20.9. The molecular weight excluding hydrogens is 1230 g/mol. The number of rotatable bonds is 28. The highest BCUT2D eigenvalue weighted by atomic mass is 35.5. The number of amides is 1. The molecule has 0 spiro atoms. The van der Waals surface area contributed by atoms with Gasteiger partial charge < -0.3 is 38.8 Å². The number of allylic oxidation sites excluding steroid dienone is 1. The Morgan fingerprint density at radius 2 is 1.41 bits per heavy atom. The van der Waals surface area contributed by atoms with Gasteiger partial charge in [0.2, 0.25) is 6.79 Å². The van der Waals surface area contributed by atoms with Crippen molar-refractivity contribution < 1.29 is 72.2 Å². The summed E-state index contributed by atoms with van der Waals surface area (Å²) in [5.74, 6) is -1.37. The van der Waals surface area contributed by atoms with Crippen molar-refractivity contribution in [1.29, 1.82) is 0 Å². The summed E-state index contributed by atoms with van der Waals surface area (Å²) in [6.07, 6.45) is 1.21. The molecule has 27 heteroatoms. The van der Waals surface area contributed by atoms with E-state index in [2.05, 4.69) is 46.0 Å². The molecule has 4 aromatic carbocycles. The van der Waals surface area contributed by atoms with Crippen molar-refractivity contribution >= 4 is 85.8 Å². The van der Waals surface area contributed by atoms with Gasteiger partial charge >= 0.3 is 25.2 Å². The largest absolute Gasteiger partial charge is 0.510 e. The monoisotopic (exact) mass is 1310 g/mol. The summed E-state index contributed by atoms with van der Waals surface area (Å²) in [7, 11) is -15.0. The van der Waals surface area contributed by atoms with Crippen molar-refractivity contribution in [2.24, 2.45) is 5.41 Å². The molecule has 2 N–H and O–H groups in total. The molecule has 1 aliphatic carbocycles. The van der Waals surface area contributed by atoms with Crippen LogP contribution in [0.1, 0.15) is 89.6 Å². The Morgan fingerprint density at radius 3 is 2.05 bits per heavy atom. The highest BCUT2D eigenvalue weighted by molar-refractivity contribution is 7.99. The van der Waals surface area contributed by atoms with Crippen molar-refractivity contribution in [2.45, 2.75) is 112 Å². The fourth-order valence-corrected chi connectivity index (χ4v) is 14.9. The van der Waals surface area contributed by atoms with Crippen molar-refractivity contribution in [3.63, 3.8) is 0 Å². The van der Waals surface area contributed by atoms with Gasteiger partial charge in [0.15, 0.2) is 0 Å². The van der Waals surface area contributed by atoms with E-state index in [1.807, 2.05) is 52.1 Å². The zero-order valence-electron chi connectivity index (χ0n) is 49.9. The minimum absolute atomic E-state index is 0.0435. The second-order valence-corrected chi connectivity index (χ2v) is 30.3. The van der Waals surface area contributed by atoms with Crippen LogP contribution < -0.4 is 14.9 Å². The molecule has 478 valence electrons. The Bertz CT molecular complexity index is 3240. The summed E-state index contributed by atoms with van der Waals surface area (Å²) < 4.78 is 140. The molecule has 3 aliphatic rings. The minimum Gasteiger partial charge on any atom is -0.463 e. The van der Waals surface area contributed by atoms with Crippen LogP contribution in [0.5, 0.6) is 0 Å². The Morgan fingerprint density at radius 1 is 0.782 bits per heavy atom. The van der Waals surface area contributed by atoms with Gasteiger partial charge in [0.05, 0.1) is 42.0 Å². The van der Waals surface area contributed by atoms with Gasteiger partial charge in [-0.1, -0.05) is 61.4 Å². The van der Waals surface area contributed by atoms with Gasteiger partial charge in [0, 0.05) is 105 Å². The van der Waals surface area contributed by atoms with E-state index in [9.17, 15) is 49.0 Å². The molecule has 0 saturated carbocycles. The SMILES string of the molecule is CC(C)OC(=O)CCOP(=O)(CCN1CCN(CC[C@H](CSc2ccccc2)Nc2ccc(S(=O)(=O)NC(=O)c3ccc(N4CCN(CC5=C(c6ccc(Cl)cc6)CCC(C)(C)C5)CC4)cc3)cc2S(=O)(=O)C(F)(F)F)CC1)OCOC(=O)OC(C)C. The zero-order chi connectivity index (χ0) is 63.2. The molecule has 1 unspecified atom stereocenters. The molecule has 0 radical (unpaired) electrons. The number of ether oxygens (including phenoxy) is 3. The molecule has 2 heterocycles. The second-order valence-electron chi connectivity index (χ2n) is 23.0. The lowest BCUT2D eigenvalue weighted by Gasteiger charge is -2.39. The first-order valence-electron chi connectivity index (χ1n) is 28.9. The molecule has 19 nitrogen and oxygen atoms in total. The van der Waals surface area contributed by atoms with Gasteiger partial charge in [0.1, 0.15) is 4.90 Å². The van der Waals surface area contributed by atoms with Crippen molar-refractivity contribution in [1.82, 2.24) is 19.4 Å². The highest BCUT2D eigenvalue weighted by Crippen LogP contribution is 2.48. The minimum atomic E-state index is -6.18. The fourth-order valence-electron chi connectivity index (χ4n) is 10.3. The number of halogens is 4. The van der Waals surface area contributed by atoms with Gasteiger partial charge in [-0.3, -0.25) is 23.6 Å². The van der Waals surface area contributed by atoms with E-state index in [4.69, 9.17) is 34.9 Å². The van der Waals surface area contributed by atoms with E-state index < -0.39 is 85.4 Å². The van der Waals surface area contributed by atoms with E-state index in [0.29, 0.717) is 63.3 Å². The molecule has 2 saturated heterocycles. The number of esters is 1. The number of carbonyl (C=O) groups excluding carboxylic acids is 3. The number of carbonyl (C=O) groups is 3. The van der Waals surface area contributed by atoms with Crippen LogP contribution in [-0.4, -0.2) is 171 Å². The van der Waals surface area contributed by atoms with Crippen LogP contribution in [0, 0.1) is 5.41 Å². The number of hydrogen-bond acceptors (Lipinski definition) is 19. The van der Waals surface area contributed by atoms with Crippen molar-refractivity contribution in [3.8, 4) is 0 Å². The molecule has 7 rings (SSSR count). The molecule has 2 atom stereocenters. The summed E-state index contributed by atoms with van der Waals surface area (Å²) >= 11 is 7.59. The van der Waals surface area contributed by atoms with Crippen LogP contribution in [0.15, 0.2) is 117 Å². The predicted molar refractivity (Wildman–Crippen MR) is 330 cm³/mol. The first-order chi connectivity index (χ1) is 41.1. The third-order valence-corrected chi connectivity index (χ3v) is 21.1. The maximum atomic E-state index is 14.5. The number of sulfonamides is 1. The lowest BCUT2D eigenvalue weighted by Crippen LogP contribution is -2.48. The standard InChI is InChI=1S/C60H79ClF3N6O13PS3/c1-43(2)82-56(71)24-36-80-84(74,81-42-79-58(73)83-44(3)4)37-35-68-29-27-67(28-30-68)26-23-49(41-85-51-10-8-7-9-11-51)65-54-21-20-52(38-55(54)86(75,76)60(62,63)64)87(77,78)66-57(72)46-14-18-50(19-15-46)70-33-31-69(32-34-70)40-47-39-59(5,6)25-22-53(47)45-12-16-48(61)17-13-45/h7-21,38,43-44,49,65H,22-37,39-42H2,1-6H3,(H,66,72)/t49-,84?/m1/s1. The van der Waals surface area contributed by atoms with Crippen LogP contribution in [-0.2, 0) is 52.5 Å². The lowest BCUT2D eigenvalue weighted by molar-refractivity contribution is -0.147. The van der Waals surface area contributed by atoms with E-state index in [0.717, 1.165) is 61.6 Å². The smallest absolute Gasteiger partial charge is 0.463 e. The molecule has 2 aliphatic heterocycles. The summed E-state index contributed by atoms with van der Waals surface area (Å²) in [5.41, 5.74) is -1.35. The van der Waals surface area contributed by atoms with Gasteiger partial charge in [-0.2, -0.15) is 13.2 Å². The average Bonchev–Trinajstić information content (AvgIpc) is 1.37. The Hall–Kier alpha value is -5.21. The molecule has 0 aromatic heterocycles. The van der Waals surface area contributed by atoms with Crippen LogP contribution >= 0.6 is 31.0 Å². The van der Waals surface area contributed by atoms with E-state index in [1.54, 1.807) is 39.8 Å². The summed E-state index contributed by atoms with van der Waals surface area (Å²) in [6, 6.07) is 25.2. The Balaban J connectivity index is 0.975. The average molecular weight is 1310 g/mol. The highest BCUT2D eigenvalue weighted by Gasteiger charge is 2.49. The van der Waals surface area contributed by atoms with Crippen molar-refractivity contribution in [2.75, 3.05) is 108 Å². The Labute approximate surface area is 518 Å². The summed E-state index contributed by atoms with van der Waals surface area (Å²) in [4.78, 5) is 45.0. The molecular formula is C60H79ClF3N6O13PS3. The van der Waals surface area contributed by atoms with Crippen LogP contribution in [0.4, 0.5) is 29.3 Å². The third-order valence-electron chi connectivity index (χ3n) is 15.0. The van der Waals surface area contributed by atoms with Gasteiger partial charge in [-0.15, -0.1) is 11.8 Å². The molecule has 4 aromatic rings. The fraction of sp³-hybridized carbons (Fsp3) is 0.517. The zero-order valence-corrected chi connectivity index (χ0v) is 54.0. The quantitative estimate of drug-likeness (QED) is 0.0234. The molecule has 87 heavy (non-hydrogen) atoms. The van der Waals surface area contributed by atoms with Gasteiger partial charge in [-0.05, 0) is 137 Å². The Kier molecular flexibility index (Phi) is 24.7. The number of nitrogens with zero attached hydrogens (tertiary/aromatic N) is 4. The number of sulfone groups is 1. The van der Waals surface area contributed by atoms with Crippen LogP contribution in [0.3, 0.4) is 0 Å². The first kappa shape index (κ1) is 69.3. The number of benzene rings is 4. The summed E-state index contributed by atoms with van der Waals surface area (Å²) in [6.45, 7) is 16.7. The van der Waals surface area contributed by atoms with E-state index in [1.165, 1.54) is 40.6 Å². The second kappa shape index (κ2) is 31.0. The number of piperazine rings is 2. The number of thioether (sulfide) groups is 1. The van der Waals surface area contributed by atoms with Gasteiger partial charge in [-0.25, -0.2) is 26.4 Å². The normalized spacial score (nSPS) is 17.6. The van der Waals surface area contributed by atoms with Gasteiger partial charge in [0.25, 0.3) is 25.8 Å². The predicted octanol–water partition coefficient (Wildman–Crippen LogP) is 11.2. The van der Waals surface area contributed by atoms with Crippen LogP contribution in [0.25, 0.3) is 5.57 Å². The number of alkyl halides is 3. The topological polar surface area (TPSA) is 220 Å². The summed E-state index contributed by atoms with van der Waals surface area (Å²) in [5, 5.41) is 3.70. The van der Waals surface area contributed by atoms with E-state index >= 15 is 0 Å². The molecule has 2 fully saturated rings. The maximum absolute atomic E-state index is 14.5. The number of nitrogens with one attached hydrogen (secondary N) is 2. The number of anilines is 2. The van der Waals surface area contributed by atoms with Crippen LogP contribution in [0.2, 0.25) is 5.02 Å². The van der Waals surface area contributed by atoms with Crippen molar-refractivity contribution in [3.05, 3.63) is 119 Å².